The fourth-order valence-electron chi connectivity index (χ4n) is 2.79. The summed E-state index contributed by atoms with van der Waals surface area (Å²) in [7, 11) is 0. The highest BCUT2D eigenvalue weighted by molar-refractivity contribution is 14.0. The zero-order chi connectivity index (χ0) is 17.0. The van der Waals surface area contributed by atoms with E-state index in [4.69, 9.17) is 6.42 Å². The molecule has 0 radical (unpaired) electrons. The number of rotatable bonds is 7. The molecular formula is C19H30IN5. The molecule has 25 heavy (non-hydrogen) atoms. The summed E-state index contributed by atoms with van der Waals surface area (Å²) in [6.07, 6.45) is 5.28. The normalized spacial score (nSPS) is 15.9. The second-order valence-electron chi connectivity index (χ2n) is 5.92. The van der Waals surface area contributed by atoms with Gasteiger partial charge < -0.3 is 10.6 Å². The minimum absolute atomic E-state index is 0. The molecule has 0 spiro atoms. The Bertz CT molecular complexity index is 532. The molecular weight excluding hydrogens is 425 g/mol. The summed E-state index contributed by atoms with van der Waals surface area (Å²) in [6.45, 7) is 10.7. The highest BCUT2D eigenvalue weighted by atomic mass is 127. The summed E-state index contributed by atoms with van der Waals surface area (Å²) >= 11 is 0. The standard InChI is InChI=1S/C19H29N5.HI/c1-3-10-21-19(20-4-2)22-11-12-23-13-15-24(16-14-23)17-18-8-6-5-7-9-18;/h1,5-9H,4,10-17H2,2H3,(H2,20,21,22);1H. The van der Waals surface area contributed by atoms with Crippen molar-refractivity contribution in [2.24, 2.45) is 4.99 Å². The van der Waals surface area contributed by atoms with Crippen molar-refractivity contribution in [2.75, 3.05) is 52.4 Å². The first-order valence-electron chi connectivity index (χ1n) is 8.76. The van der Waals surface area contributed by atoms with Gasteiger partial charge in [-0.05, 0) is 12.5 Å². The largest absolute Gasteiger partial charge is 0.357 e. The molecule has 0 amide bonds. The number of nitrogens with one attached hydrogen (secondary N) is 2. The average molecular weight is 455 g/mol. The van der Waals surface area contributed by atoms with Crippen LogP contribution < -0.4 is 10.6 Å². The van der Waals surface area contributed by atoms with Crippen LogP contribution in [0.5, 0.6) is 0 Å². The van der Waals surface area contributed by atoms with Gasteiger partial charge in [0.25, 0.3) is 0 Å². The van der Waals surface area contributed by atoms with Gasteiger partial charge in [0.05, 0.1) is 13.1 Å². The third-order valence-corrected chi connectivity index (χ3v) is 4.10. The van der Waals surface area contributed by atoms with Crippen LogP contribution in [-0.4, -0.2) is 68.1 Å². The quantitative estimate of drug-likeness (QED) is 0.284. The lowest BCUT2D eigenvalue weighted by molar-refractivity contribution is 0.130. The maximum absolute atomic E-state index is 5.28. The molecule has 2 rings (SSSR count). The second kappa shape index (κ2) is 13.0. The van der Waals surface area contributed by atoms with Crippen LogP contribution in [0, 0.1) is 12.3 Å². The molecule has 1 aliphatic rings. The number of hydrogen-bond acceptors (Lipinski definition) is 3. The topological polar surface area (TPSA) is 42.9 Å². The molecule has 6 heteroatoms. The van der Waals surface area contributed by atoms with Crippen LogP contribution in [0.15, 0.2) is 35.3 Å². The monoisotopic (exact) mass is 455 g/mol. The Morgan fingerprint density at radius 1 is 1.12 bits per heavy atom. The van der Waals surface area contributed by atoms with E-state index >= 15 is 0 Å². The van der Waals surface area contributed by atoms with Crippen molar-refractivity contribution in [1.82, 2.24) is 20.4 Å². The fourth-order valence-corrected chi connectivity index (χ4v) is 2.79. The Balaban J connectivity index is 0.00000312. The summed E-state index contributed by atoms with van der Waals surface area (Å²) in [4.78, 5) is 9.58. The van der Waals surface area contributed by atoms with Crippen molar-refractivity contribution in [3.63, 3.8) is 0 Å². The highest BCUT2D eigenvalue weighted by Crippen LogP contribution is 2.08. The number of halogens is 1. The molecule has 1 aliphatic heterocycles. The maximum Gasteiger partial charge on any atom is 0.192 e. The first-order chi connectivity index (χ1) is 11.8. The number of nitrogens with zero attached hydrogens (tertiary/aromatic N) is 3. The van der Waals surface area contributed by atoms with Crippen LogP contribution in [0.25, 0.3) is 0 Å². The second-order valence-corrected chi connectivity index (χ2v) is 5.92. The number of aliphatic imine (C=N–C) groups is 1. The van der Waals surface area contributed by atoms with Crippen LogP contribution in [0.3, 0.4) is 0 Å². The van der Waals surface area contributed by atoms with Gasteiger partial charge in [0.15, 0.2) is 5.96 Å². The first-order valence-corrected chi connectivity index (χ1v) is 8.76. The average Bonchev–Trinajstić information content (AvgIpc) is 2.62. The van der Waals surface area contributed by atoms with E-state index in [1.54, 1.807) is 0 Å². The maximum atomic E-state index is 5.28. The van der Waals surface area contributed by atoms with Crippen LogP contribution in [0.2, 0.25) is 0 Å². The molecule has 0 aromatic heterocycles. The summed E-state index contributed by atoms with van der Waals surface area (Å²) in [5, 5.41) is 6.32. The lowest BCUT2D eigenvalue weighted by atomic mass is 10.2. The molecule has 2 N–H and O–H groups in total. The Morgan fingerprint density at radius 3 is 2.44 bits per heavy atom. The summed E-state index contributed by atoms with van der Waals surface area (Å²) in [5.74, 6) is 3.38. The van der Waals surface area contributed by atoms with Crippen LogP contribution in [0.4, 0.5) is 0 Å². The molecule has 0 bridgehead atoms. The number of hydrogen-bond donors (Lipinski definition) is 2. The van der Waals surface area contributed by atoms with E-state index in [-0.39, 0.29) is 24.0 Å². The van der Waals surface area contributed by atoms with Gasteiger partial charge in [0.1, 0.15) is 0 Å². The predicted octanol–water partition coefficient (Wildman–Crippen LogP) is 1.61. The summed E-state index contributed by atoms with van der Waals surface area (Å²) < 4.78 is 0. The van der Waals surface area contributed by atoms with E-state index in [0.717, 1.165) is 58.3 Å². The van der Waals surface area contributed by atoms with E-state index < -0.39 is 0 Å². The van der Waals surface area contributed by atoms with Crippen LogP contribution in [0.1, 0.15) is 12.5 Å². The zero-order valence-corrected chi connectivity index (χ0v) is 17.4. The van der Waals surface area contributed by atoms with Gasteiger partial charge in [-0.2, -0.15) is 0 Å². The third-order valence-electron chi connectivity index (χ3n) is 4.10. The van der Waals surface area contributed by atoms with Crippen molar-refractivity contribution in [2.45, 2.75) is 13.5 Å². The predicted molar refractivity (Wildman–Crippen MR) is 116 cm³/mol. The van der Waals surface area contributed by atoms with Crippen molar-refractivity contribution in [3.05, 3.63) is 35.9 Å². The zero-order valence-electron chi connectivity index (χ0n) is 15.1. The van der Waals surface area contributed by atoms with Gasteiger partial charge in [-0.1, -0.05) is 36.3 Å². The minimum Gasteiger partial charge on any atom is -0.357 e. The molecule has 1 saturated heterocycles. The SMILES string of the molecule is C#CCNC(=NCCN1CCN(Cc2ccccc2)CC1)NCC.I. The number of benzene rings is 1. The number of piperazine rings is 1. The Kier molecular flexibility index (Phi) is 11.3. The van der Waals surface area contributed by atoms with Gasteiger partial charge in [-0.3, -0.25) is 14.8 Å². The molecule has 1 heterocycles. The molecule has 0 saturated carbocycles. The molecule has 1 fully saturated rings. The molecule has 0 unspecified atom stereocenters. The van der Waals surface area contributed by atoms with E-state index in [9.17, 15) is 0 Å². The van der Waals surface area contributed by atoms with Gasteiger partial charge >= 0.3 is 0 Å². The summed E-state index contributed by atoms with van der Waals surface area (Å²) in [5.41, 5.74) is 1.39. The molecule has 0 atom stereocenters. The lowest BCUT2D eigenvalue weighted by Gasteiger charge is -2.34. The Morgan fingerprint density at radius 2 is 1.80 bits per heavy atom. The molecule has 0 aliphatic carbocycles. The lowest BCUT2D eigenvalue weighted by Crippen LogP contribution is -2.46. The Hall–Kier alpha value is -1.30. The van der Waals surface area contributed by atoms with Crippen molar-refractivity contribution in [1.29, 1.82) is 0 Å². The minimum atomic E-state index is 0. The van der Waals surface area contributed by atoms with Crippen LogP contribution in [-0.2, 0) is 6.54 Å². The van der Waals surface area contributed by atoms with E-state index in [2.05, 4.69) is 68.6 Å². The first kappa shape index (κ1) is 21.7. The third kappa shape index (κ3) is 8.56. The van der Waals surface area contributed by atoms with Crippen LogP contribution >= 0.6 is 24.0 Å². The molecule has 1 aromatic carbocycles. The smallest absolute Gasteiger partial charge is 0.192 e. The van der Waals surface area contributed by atoms with E-state index in [1.807, 2.05) is 0 Å². The van der Waals surface area contributed by atoms with Gasteiger partial charge in [0.2, 0.25) is 0 Å². The highest BCUT2D eigenvalue weighted by Gasteiger charge is 2.16. The van der Waals surface area contributed by atoms with Gasteiger partial charge in [-0.25, -0.2) is 0 Å². The van der Waals surface area contributed by atoms with Crippen molar-refractivity contribution in [3.8, 4) is 12.3 Å². The number of guanidine groups is 1. The molecule has 138 valence electrons. The fraction of sp³-hybridized carbons (Fsp3) is 0.526. The number of terminal acetylenes is 1. The molecule has 1 aromatic rings. The van der Waals surface area contributed by atoms with E-state index in [1.165, 1.54) is 5.56 Å². The van der Waals surface area contributed by atoms with Gasteiger partial charge in [-0.15, -0.1) is 30.4 Å². The Labute approximate surface area is 169 Å². The van der Waals surface area contributed by atoms with Gasteiger partial charge in [0, 0.05) is 45.8 Å². The van der Waals surface area contributed by atoms with Crippen molar-refractivity contribution < 1.29 is 0 Å². The molecule has 5 nitrogen and oxygen atoms in total. The van der Waals surface area contributed by atoms with E-state index in [0.29, 0.717) is 6.54 Å². The van der Waals surface area contributed by atoms with Crippen molar-refractivity contribution >= 4 is 29.9 Å². The summed E-state index contributed by atoms with van der Waals surface area (Å²) in [6, 6.07) is 10.7.